The first-order valence-electron chi connectivity index (χ1n) is 5.37. The average molecular weight is 190 g/mol. The van der Waals surface area contributed by atoms with Crippen LogP contribution in [0.15, 0.2) is 30.3 Å². The van der Waals surface area contributed by atoms with Crippen molar-refractivity contribution in [1.82, 2.24) is 5.32 Å². The van der Waals surface area contributed by atoms with Crippen LogP contribution in [0.1, 0.15) is 18.4 Å². The van der Waals surface area contributed by atoms with Gasteiger partial charge in [0, 0.05) is 12.1 Å². The van der Waals surface area contributed by atoms with Gasteiger partial charge in [0.05, 0.1) is 0 Å². The summed E-state index contributed by atoms with van der Waals surface area (Å²) in [5.41, 5.74) is 7.34. The first-order valence-corrected chi connectivity index (χ1v) is 5.37. The Morgan fingerprint density at radius 1 is 1.29 bits per heavy atom. The summed E-state index contributed by atoms with van der Waals surface area (Å²) in [6, 6.07) is 11.6. The molecule has 0 bridgehead atoms. The molecule has 2 nitrogen and oxygen atoms in total. The Labute approximate surface area is 85.5 Å². The van der Waals surface area contributed by atoms with E-state index >= 15 is 0 Å². The van der Waals surface area contributed by atoms with Crippen LogP contribution in [0.5, 0.6) is 0 Å². The predicted molar refractivity (Wildman–Crippen MR) is 59.1 cm³/mol. The second kappa shape index (κ2) is 4.58. The molecule has 1 heterocycles. The van der Waals surface area contributed by atoms with Crippen molar-refractivity contribution in [1.29, 1.82) is 0 Å². The van der Waals surface area contributed by atoms with Gasteiger partial charge in [-0.2, -0.15) is 0 Å². The number of piperidine rings is 1. The van der Waals surface area contributed by atoms with Gasteiger partial charge in [-0.25, -0.2) is 0 Å². The zero-order chi connectivity index (χ0) is 9.80. The van der Waals surface area contributed by atoms with Gasteiger partial charge in [-0.3, -0.25) is 0 Å². The molecule has 0 spiro atoms. The van der Waals surface area contributed by atoms with Crippen LogP contribution in [0.3, 0.4) is 0 Å². The molecule has 1 aliphatic heterocycles. The van der Waals surface area contributed by atoms with Gasteiger partial charge in [-0.05, 0) is 31.4 Å². The third-order valence-corrected chi connectivity index (χ3v) is 2.86. The van der Waals surface area contributed by atoms with Gasteiger partial charge in [0.15, 0.2) is 0 Å². The fourth-order valence-electron chi connectivity index (χ4n) is 2.09. The maximum atomic E-state index is 5.94. The smallest absolute Gasteiger partial charge is 0.0122 e. The largest absolute Gasteiger partial charge is 0.328 e. The van der Waals surface area contributed by atoms with Crippen molar-refractivity contribution >= 4 is 0 Å². The Bertz CT molecular complexity index is 271. The Kier molecular flexibility index (Phi) is 3.17. The summed E-state index contributed by atoms with van der Waals surface area (Å²) in [6.07, 6.45) is 3.33. The van der Waals surface area contributed by atoms with Crippen LogP contribution in [-0.4, -0.2) is 18.6 Å². The molecule has 2 atom stereocenters. The SMILES string of the molecule is N[C@H]1CCN[C@H](Cc2ccccc2)C1. The van der Waals surface area contributed by atoms with Gasteiger partial charge in [0.2, 0.25) is 0 Å². The lowest BCUT2D eigenvalue weighted by atomic mass is 9.95. The highest BCUT2D eigenvalue weighted by atomic mass is 14.9. The quantitative estimate of drug-likeness (QED) is 0.738. The van der Waals surface area contributed by atoms with Crippen molar-refractivity contribution < 1.29 is 0 Å². The number of nitrogens with one attached hydrogen (secondary N) is 1. The second-order valence-electron chi connectivity index (χ2n) is 4.13. The van der Waals surface area contributed by atoms with Crippen LogP contribution in [0, 0.1) is 0 Å². The third kappa shape index (κ3) is 2.56. The number of hydrogen-bond donors (Lipinski definition) is 2. The molecule has 14 heavy (non-hydrogen) atoms. The summed E-state index contributed by atoms with van der Waals surface area (Å²) < 4.78 is 0. The van der Waals surface area contributed by atoms with E-state index in [9.17, 15) is 0 Å². The Balaban J connectivity index is 1.91. The third-order valence-electron chi connectivity index (χ3n) is 2.86. The topological polar surface area (TPSA) is 38.0 Å². The molecule has 76 valence electrons. The van der Waals surface area contributed by atoms with Crippen LogP contribution in [0.4, 0.5) is 0 Å². The molecule has 0 aliphatic carbocycles. The lowest BCUT2D eigenvalue weighted by Crippen LogP contribution is -2.44. The molecule has 1 aromatic rings. The van der Waals surface area contributed by atoms with Crippen LogP contribution < -0.4 is 11.1 Å². The van der Waals surface area contributed by atoms with Crippen molar-refractivity contribution in [3.63, 3.8) is 0 Å². The second-order valence-corrected chi connectivity index (χ2v) is 4.13. The Hall–Kier alpha value is -0.860. The number of hydrogen-bond acceptors (Lipinski definition) is 2. The van der Waals surface area contributed by atoms with E-state index in [1.165, 1.54) is 5.56 Å². The first-order chi connectivity index (χ1) is 6.84. The van der Waals surface area contributed by atoms with E-state index < -0.39 is 0 Å². The fraction of sp³-hybridized carbons (Fsp3) is 0.500. The highest BCUT2D eigenvalue weighted by Gasteiger charge is 2.18. The number of benzene rings is 1. The van der Waals surface area contributed by atoms with Gasteiger partial charge in [-0.15, -0.1) is 0 Å². The average Bonchev–Trinajstić information content (AvgIpc) is 2.19. The maximum Gasteiger partial charge on any atom is 0.0122 e. The van der Waals surface area contributed by atoms with Crippen LogP contribution in [0.25, 0.3) is 0 Å². The predicted octanol–water partition coefficient (Wildman–Crippen LogP) is 1.31. The van der Waals surface area contributed by atoms with Gasteiger partial charge in [0.1, 0.15) is 0 Å². The molecule has 3 N–H and O–H groups in total. The first kappa shape index (κ1) is 9.69. The minimum Gasteiger partial charge on any atom is -0.328 e. The van der Waals surface area contributed by atoms with Crippen molar-refractivity contribution in [2.24, 2.45) is 5.73 Å². The van der Waals surface area contributed by atoms with E-state index in [4.69, 9.17) is 5.73 Å². The summed E-state index contributed by atoms with van der Waals surface area (Å²) in [5, 5.41) is 3.52. The van der Waals surface area contributed by atoms with Crippen LogP contribution in [0.2, 0.25) is 0 Å². The molecular formula is C12H18N2. The Morgan fingerprint density at radius 3 is 2.79 bits per heavy atom. The maximum absolute atomic E-state index is 5.94. The summed E-state index contributed by atoms with van der Waals surface area (Å²) in [7, 11) is 0. The highest BCUT2D eigenvalue weighted by molar-refractivity contribution is 5.16. The van der Waals surface area contributed by atoms with Crippen LogP contribution in [-0.2, 0) is 6.42 Å². The summed E-state index contributed by atoms with van der Waals surface area (Å²) in [5.74, 6) is 0. The van der Waals surface area contributed by atoms with E-state index in [1.54, 1.807) is 0 Å². The molecule has 1 aromatic carbocycles. The molecular weight excluding hydrogens is 172 g/mol. The van der Waals surface area contributed by atoms with E-state index in [1.807, 2.05) is 0 Å². The molecule has 0 saturated carbocycles. The van der Waals surface area contributed by atoms with Crippen molar-refractivity contribution in [2.75, 3.05) is 6.54 Å². The van der Waals surface area contributed by atoms with Crippen molar-refractivity contribution in [2.45, 2.75) is 31.3 Å². The normalized spacial score (nSPS) is 27.5. The summed E-state index contributed by atoms with van der Waals surface area (Å²) in [6.45, 7) is 1.07. The van der Waals surface area contributed by atoms with E-state index in [0.717, 1.165) is 25.8 Å². The molecule has 1 aliphatic rings. The van der Waals surface area contributed by atoms with E-state index in [-0.39, 0.29) is 0 Å². The molecule has 1 fully saturated rings. The van der Waals surface area contributed by atoms with Gasteiger partial charge in [0.25, 0.3) is 0 Å². The van der Waals surface area contributed by atoms with Crippen LogP contribution >= 0.6 is 0 Å². The van der Waals surface area contributed by atoms with Crippen molar-refractivity contribution in [3.8, 4) is 0 Å². The lowest BCUT2D eigenvalue weighted by molar-refractivity contribution is 0.360. The van der Waals surface area contributed by atoms with Gasteiger partial charge < -0.3 is 11.1 Å². The standard InChI is InChI=1S/C12H18N2/c13-11-6-7-14-12(9-11)8-10-4-2-1-3-5-10/h1-5,11-12,14H,6-9,13H2/t11-,12+/m0/s1. The molecule has 2 heteroatoms. The minimum absolute atomic E-state index is 0.393. The molecule has 0 aromatic heterocycles. The molecule has 0 unspecified atom stereocenters. The molecule has 0 radical (unpaired) electrons. The van der Waals surface area contributed by atoms with E-state index in [0.29, 0.717) is 12.1 Å². The molecule has 0 amide bonds. The molecule has 1 saturated heterocycles. The summed E-state index contributed by atoms with van der Waals surface area (Å²) in [4.78, 5) is 0. The van der Waals surface area contributed by atoms with Gasteiger partial charge in [-0.1, -0.05) is 30.3 Å². The number of rotatable bonds is 2. The highest BCUT2D eigenvalue weighted by Crippen LogP contribution is 2.11. The van der Waals surface area contributed by atoms with E-state index in [2.05, 4.69) is 35.6 Å². The zero-order valence-corrected chi connectivity index (χ0v) is 8.45. The fourth-order valence-corrected chi connectivity index (χ4v) is 2.09. The number of nitrogens with two attached hydrogens (primary N) is 1. The zero-order valence-electron chi connectivity index (χ0n) is 8.45. The monoisotopic (exact) mass is 190 g/mol. The lowest BCUT2D eigenvalue weighted by Gasteiger charge is -2.28. The molecule has 2 rings (SSSR count). The van der Waals surface area contributed by atoms with Gasteiger partial charge >= 0.3 is 0 Å². The minimum atomic E-state index is 0.393. The Morgan fingerprint density at radius 2 is 2.07 bits per heavy atom. The van der Waals surface area contributed by atoms with Crippen molar-refractivity contribution in [3.05, 3.63) is 35.9 Å². The summed E-state index contributed by atoms with van der Waals surface area (Å²) >= 11 is 0.